The van der Waals surface area contributed by atoms with E-state index in [0.717, 1.165) is 0 Å². The van der Waals surface area contributed by atoms with Crippen LogP contribution in [0.3, 0.4) is 0 Å². The standard InChI is InChI=1S/C6H10N2O2/c1-5(7-2)10-6-3-8-9-4-6/h3-5,7H,1-2H3. The van der Waals surface area contributed by atoms with Crippen LogP contribution < -0.4 is 10.1 Å². The van der Waals surface area contributed by atoms with E-state index in [1.165, 1.54) is 12.5 Å². The second-order valence-corrected chi connectivity index (χ2v) is 1.91. The smallest absolute Gasteiger partial charge is 0.181 e. The van der Waals surface area contributed by atoms with E-state index in [-0.39, 0.29) is 6.23 Å². The Morgan fingerprint density at radius 2 is 2.60 bits per heavy atom. The molecule has 1 unspecified atom stereocenters. The van der Waals surface area contributed by atoms with Gasteiger partial charge in [-0.05, 0) is 14.0 Å². The second kappa shape index (κ2) is 3.22. The maximum Gasteiger partial charge on any atom is 0.181 e. The Labute approximate surface area is 59.2 Å². The maximum atomic E-state index is 5.24. The van der Waals surface area contributed by atoms with Crippen LogP contribution in [-0.4, -0.2) is 18.4 Å². The Morgan fingerprint density at radius 1 is 1.80 bits per heavy atom. The van der Waals surface area contributed by atoms with Gasteiger partial charge in [0, 0.05) is 0 Å². The van der Waals surface area contributed by atoms with Gasteiger partial charge < -0.3 is 9.26 Å². The van der Waals surface area contributed by atoms with Crippen LogP contribution in [0, 0.1) is 0 Å². The first-order chi connectivity index (χ1) is 4.83. The average Bonchev–Trinajstić information content (AvgIpc) is 2.40. The minimum absolute atomic E-state index is 0.0144. The van der Waals surface area contributed by atoms with Crippen molar-refractivity contribution in [2.24, 2.45) is 0 Å². The van der Waals surface area contributed by atoms with Crippen molar-refractivity contribution in [3.63, 3.8) is 0 Å². The molecule has 1 heterocycles. The molecule has 0 saturated carbocycles. The van der Waals surface area contributed by atoms with E-state index < -0.39 is 0 Å². The zero-order valence-corrected chi connectivity index (χ0v) is 6.00. The van der Waals surface area contributed by atoms with E-state index in [1.54, 1.807) is 0 Å². The molecule has 4 heteroatoms. The fraction of sp³-hybridized carbons (Fsp3) is 0.500. The third-order valence-corrected chi connectivity index (χ3v) is 1.13. The van der Waals surface area contributed by atoms with Gasteiger partial charge in [0.05, 0.1) is 0 Å². The van der Waals surface area contributed by atoms with Crippen molar-refractivity contribution in [1.82, 2.24) is 10.5 Å². The van der Waals surface area contributed by atoms with Crippen LogP contribution in [0.1, 0.15) is 6.92 Å². The van der Waals surface area contributed by atoms with Crippen molar-refractivity contribution in [2.75, 3.05) is 7.05 Å². The molecule has 56 valence electrons. The third-order valence-electron chi connectivity index (χ3n) is 1.13. The monoisotopic (exact) mass is 142 g/mol. The van der Waals surface area contributed by atoms with Crippen molar-refractivity contribution in [2.45, 2.75) is 13.2 Å². The van der Waals surface area contributed by atoms with Crippen LogP contribution in [0.5, 0.6) is 5.75 Å². The van der Waals surface area contributed by atoms with E-state index in [4.69, 9.17) is 4.74 Å². The van der Waals surface area contributed by atoms with Crippen LogP contribution >= 0.6 is 0 Å². The van der Waals surface area contributed by atoms with Gasteiger partial charge in [-0.2, -0.15) is 0 Å². The van der Waals surface area contributed by atoms with Crippen LogP contribution in [0.25, 0.3) is 0 Å². The number of hydrogen-bond donors (Lipinski definition) is 1. The zero-order valence-electron chi connectivity index (χ0n) is 6.00. The molecule has 0 aliphatic rings. The van der Waals surface area contributed by atoms with Gasteiger partial charge in [-0.1, -0.05) is 5.16 Å². The lowest BCUT2D eigenvalue weighted by Gasteiger charge is -2.09. The molecule has 10 heavy (non-hydrogen) atoms. The summed E-state index contributed by atoms with van der Waals surface area (Å²) in [6.07, 6.45) is 2.96. The largest absolute Gasteiger partial charge is 0.471 e. The average molecular weight is 142 g/mol. The summed E-state index contributed by atoms with van der Waals surface area (Å²) in [4.78, 5) is 0. The molecule has 1 aromatic heterocycles. The molecule has 1 rings (SSSR count). The molecule has 1 aromatic rings. The molecule has 1 N–H and O–H groups in total. The molecule has 0 fully saturated rings. The van der Waals surface area contributed by atoms with Crippen molar-refractivity contribution in [1.29, 1.82) is 0 Å². The van der Waals surface area contributed by atoms with Gasteiger partial charge in [0.25, 0.3) is 0 Å². The molecular formula is C6H10N2O2. The summed E-state index contributed by atoms with van der Waals surface area (Å²) in [6, 6.07) is 0. The number of nitrogens with zero attached hydrogens (tertiary/aromatic N) is 1. The summed E-state index contributed by atoms with van der Waals surface area (Å²) >= 11 is 0. The lowest BCUT2D eigenvalue weighted by atomic mass is 10.6. The summed E-state index contributed by atoms with van der Waals surface area (Å²) in [7, 11) is 1.82. The molecular weight excluding hydrogens is 132 g/mol. The Morgan fingerprint density at radius 3 is 3.10 bits per heavy atom. The van der Waals surface area contributed by atoms with Crippen molar-refractivity contribution < 1.29 is 9.26 Å². The van der Waals surface area contributed by atoms with Gasteiger partial charge in [0.15, 0.2) is 12.0 Å². The van der Waals surface area contributed by atoms with Gasteiger partial charge in [0.1, 0.15) is 12.4 Å². The van der Waals surface area contributed by atoms with Crippen LogP contribution in [0.15, 0.2) is 17.0 Å². The second-order valence-electron chi connectivity index (χ2n) is 1.91. The minimum atomic E-state index is -0.0144. The van der Waals surface area contributed by atoms with Gasteiger partial charge >= 0.3 is 0 Å². The first-order valence-electron chi connectivity index (χ1n) is 3.06. The zero-order chi connectivity index (χ0) is 7.40. The van der Waals surface area contributed by atoms with E-state index in [2.05, 4.69) is 15.0 Å². The molecule has 0 aliphatic heterocycles. The number of hydrogen-bond acceptors (Lipinski definition) is 4. The van der Waals surface area contributed by atoms with E-state index in [0.29, 0.717) is 5.75 Å². The normalized spacial score (nSPS) is 13.0. The number of ether oxygens (including phenoxy) is 1. The van der Waals surface area contributed by atoms with Crippen LogP contribution in [0.2, 0.25) is 0 Å². The summed E-state index contributed by atoms with van der Waals surface area (Å²) in [5, 5.41) is 6.39. The van der Waals surface area contributed by atoms with Gasteiger partial charge in [-0.15, -0.1) is 0 Å². The highest BCUT2D eigenvalue weighted by atomic mass is 16.5. The summed E-state index contributed by atoms with van der Waals surface area (Å²) in [5.74, 6) is 0.641. The Bertz CT molecular complexity index is 174. The summed E-state index contributed by atoms with van der Waals surface area (Å²) < 4.78 is 9.79. The quantitative estimate of drug-likeness (QED) is 0.628. The molecule has 0 aromatic carbocycles. The molecule has 0 aliphatic carbocycles. The number of nitrogens with one attached hydrogen (secondary N) is 1. The topological polar surface area (TPSA) is 47.3 Å². The van der Waals surface area contributed by atoms with Crippen LogP contribution in [-0.2, 0) is 0 Å². The van der Waals surface area contributed by atoms with E-state index in [9.17, 15) is 0 Å². The maximum absolute atomic E-state index is 5.24. The molecule has 1 atom stereocenters. The van der Waals surface area contributed by atoms with Crippen molar-refractivity contribution in [3.05, 3.63) is 12.5 Å². The molecule has 0 amide bonds. The third kappa shape index (κ3) is 1.73. The molecule has 4 nitrogen and oxygen atoms in total. The number of aromatic nitrogens is 1. The minimum Gasteiger partial charge on any atom is -0.471 e. The van der Waals surface area contributed by atoms with Crippen LogP contribution in [0.4, 0.5) is 0 Å². The van der Waals surface area contributed by atoms with Crippen molar-refractivity contribution in [3.8, 4) is 5.75 Å². The lowest BCUT2D eigenvalue weighted by Crippen LogP contribution is -2.27. The number of rotatable bonds is 3. The predicted molar refractivity (Wildman–Crippen MR) is 35.7 cm³/mol. The highest BCUT2D eigenvalue weighted by Crippen LogP contribution is 2.07. The van der Waals surface area contributed by atoms with E-state index in [1.807, 2.05) is 14.0 Å². The fourth-order valence-corrected chi connectivity index (χ4v) is 0.516. The summed E-state index contributed by atoms with van der Waals surface area (Å²) in [5.41, 5.74) is 0. The Kier molecular flexibility index (Phi) is 2.28. The molecule has 0 bridgehead atoms. The highest BCUT2D eigenvalue weighted by molar-refractivity contribution is 5.08. The first kappa shape index (κ1) is 7.08. The van der Waals surface area contributed by atoms with Gasteiger partial charge in [0.2, 0.25) is 0 Å². The van der Waals surface area contributed by atoms with Gasteiger partial charge in [-0.25, -0.2) is 0 Å². The van der Waals surface area contributed by atoms with Gasteiger partial charge in [-0.3, -0.25) is 5.32 Å². The fourth-order valence-electron chi connectivity index (χ4n) is 0.516. The first-order valence-corrected chi connectivity index (χ1v) is 3.06. The Balaban J connectivity index is 2.40. The lowest BCUT2D eigenvalue weighted by molar-refractivity contribution is 0.192. The SMILES string of the molecule is CNC(C)Oc1cnoc1. The summed E-state index contributed by atoms with van der Waals surface area (Å²) in [6.45, 7) is 1.90. The molecule has 0 spiro atoms. The van der Waals surface area contributed by atoms with E-state index >= 15 is 0 Å². The Hall–Kier alpha value is -1.03. The highest BCUT2D eigenvalue weighted by Gasteiger charge is 2.00. The predicted octanol–water partition coefficient (Wildman–Crippen LogP) is 0.619. The van der Waals surface area contributed by atoms with Crippen molar-refractivity contribution >= 4 is 0 Å². The molecule has 0 radical (unpaired) electrons. The molecule has 0 saturated heterocycles.